The lowest BCUT2D eigenvalue weighted by atomic mass is 10.2. The molecule has 0 fully saturated rings. The van der Waals surface area contributed by atoms with Crippen molar-refractivity contribution in [3.63, 3.8) is 0 Å². The number of carboxylic acids is 1. The Morgan fingerprint density at radius 1 is 1.33 bits per heavy atom. The summed E-state index contributed by atoms with van der Waals surface area (Å²) in [4.78, 5) is 11.8. The van der Waals surface area contributed by atoms with Crippen LogP contribution in [0.2, 0.25) is 0 Å². The molecule has 1 heterocycles. The van der Waals surface area contributed by atoms with Crippen molar-refractivity contribution in [2.75, 3.05) is 13.1 Å². The molecule has 104 valence electrons. The average Bonchev–Trinajstić information content (AvgIpc) is 2.36. The van der Waals surface area contributed by atoms with E-state index in [2.05, 4.69) is 36.3 Å². The number of hydrogen-bond donors (Lipinski definition) is 2. The molecule has 1 unspecified atom stereocenters. The molecule has 1 aliphatic heterocycles. The van der Waals surface area contributed by atoms with Gasteiger partial charge in [-0.05, 0) is 25.6 Å². The largest absolute Gasteiger partial charge is 0.479 e. The Morgan fingerprint density at radius 2 is 2.00 bits per heavy atom. The summed E-state index contributed by atoms with van der Waals surface area (Å²) in [5.41, 5.74) is 0. The Balaban J connectivity index is 0.000000411. The van der Waals surface area contributed by atoms with E-state index in [1.807, 2.05) is 0 Å². The van der Waals surface area contributed by atoms with E-state index in [4.69, 9.17) is 10.2 Å². The first kappa shape index (κ1) is 16.7. The Hall–Kier alpha value is -1.29. The van der Waals surface area contributed by atoms with Crippen molar-refractivity contribution in [1.82, 2.24) is 4.90 Å². The highest BCUT2D eigenvalue weighted by atomic mass is 16.4. The highest BCUT2D eigenvalue weighted by Crippen LogP contribution is 2.04. The van der Waals surface area contributed by atoms with E-state index < -0.39 is 12.1 Å². The van der Waals surface area contributed by atoms with Crippen molar-refractivity contribution < 1.29 is 15.0 Å². The monoisotopic (exact) mass is 255 g/mol. The molecule has 0 radical (unpaired) electrons. The first-order valence-corrected chi connectivity index (χ1v) is 6.56. The van der Waals surface area contributed by atoms with Crippen LogP contribution in [-0.4, -0.2) is 40.3 Å². The predicted octanol–water partition coefficient (Wildman–Crippen LogP) is 2.40. The number of carboxylic acid groups (broad SMARTS) is 1. The third kappa shape index (κ3) is 9.90. The summed E-state index contributed by atoms with van der Waals surface area (Å²) in [6.45, 7) is 5.77. The molecule has 0 spiro atoms. The second-order valence-electron chi connectivity index (χ2n) is 4.34. The number of unbranched alkanes of at least 4 members (excludes halogenated alkanes) is 3. The van der Waals surface area contributed by atoms with E-state index in [1.54, 1.807) is 0 Å². The quantitative estimate of drug-likeness (QED) is 0.715. The molecule has 18 heavy (non-hydrogen) atoms. The van der Waals surface area contributed by atoms with Crippen molar-refractivity contribution in [2.24, 2.45) is 0 Å². The maximum atomic E-state index is 9.45. The summed E-state index contributed by atoms with van der Waals surface area (Å²) in [6, 6.07) is 0. The van der Waals surface area contributed by atoms with Crippen LogP contribution in [0, 0.1) is 0 Å². The molecule has 0 aromatic rings. The van der Waals surface area contributed by atoms with Crippen LogP contribution in [0.15, 0.2) is 24.4 Å². The van der Waals surface area contributed by atoms with Gasteiger partial charge in [-0.15, -0.1) is 0 Å². The zero-order chi connectivity index (χ0) is 13.8. The Labute approximate surface area is 110 Å². The lowest BCUT2D eigenvalue weighted by Crippen LogP contribution is -2.19. The van der Waals surface area contributed by atoms with Crippen LogP contribution in [0.3, 0.4) is 0 Å². The van der Waals surface area contributed by atoms with E-state index >= 15 is 0 Å². The first-order valence-electron chi connectivity index (χ1n) is 6.56. The van der Waals surface area contributed by atoms with Gasteiger partial charge in [-0.1, -0.05) is 38.3 Å². The lowest BCUT2D eigenvalue weighted by molar-refractivity contribution is -0.145. The van der Waals surface area contributed by atoms with Gasteiger partial charge in [0.25, 0.3) is 0 Å². The van der Waals surface area contributed by atoms with E-state index in [0.717, 1.165) is 6.54 Å². The number of aliphatic hydroxyl groups excluding tert-OH is 1. The Morgan fingerprint density at radius 3 is 2.44 bits per heavy atom. The van der Waals surface area contributed by atoms with Crippen LogP contribution < -0.4 is 0 Å². The summed E-state index contributed by atoms with van der Waals surface area (Å²) in [5, 5.41) is 15.8. The third-order valence-corrected chi connectivity index (χ3v) is 2.54. The van der Waals surface area contributed by atoms with Crippen LogP contribution in [0.1, 0.15) is 39.5 Å². The second kappa shape index (κ2) is 10.8. The van der Waals surface area contributed by atoms with Gasteiger partial charge in [0.05, 0.1) is 0 Å². The zero-order valence-electron chi connectivity index (χ0n) is 11.4. The number of carbonyl (C=O) groups is 1. The van der Waals surface area contributed by atoms with Gasteiger partial charge in [0.2, 0.25) is 0 Å². The third-order valence-electron chi connectivity index (χ3n) is 2.54. The summed E-state index contributed by atoms with van der Waals surface area (Å²) < 4.78 is 0. The number of hydrogen-bond acceptors (Lipinski definition) is 3. The number of aliphatic carboxylic acids is 1. The summed E-state index contributed by atoms with van der Waals surface area (Å²) in [6.07, 6.45) is 12.8. The molecular formula is C14H25NO3. The minimum Gasteiger partial charge on any atom is -0.479 e. The molecule has 1 atom stereocenters. The van der Waals surface area contributed by atoms with Crippen molar-refractivity contribution in [2.45, 2.75) is 45.6 Å². The Kier molecular flexibility index (Phi) is 10.1. The van der Waals surface area contributed by atoms with E-state index in [9.17, 15) is 4.79 Å². The molecule has 0 aliphatic carbocycles. The number of aliphatic hydroxyl groups is 1. The standard InChI is InChI=1S/C11H19N.C3H6O3/c1-2-3-4-6-9-12-10-7-5-8-11-12;1-2(4)3(5)6/h5,7-8,10H,2-4,6,9,11H2,1H3;2,4H,1H3,(H,5,6). The van der Waals surface area contributed by atoms with Gasteiger partial charge >= 0.3 is 5.97 Å². The van der Waals surface area contributed by atoms with Gasteiger partial charge < -0.3 is 15.1 Å². The van der Waals surface area contributed by atoms with Crippen molar-refractivity contribution in [3.8, 4) is 0 Å². The molecule has 0 bridgehead atoms. The molecule has 0 saturated carbocycles. The number of rotatable bonds is 6. The minimum absolute atomic E-state index is 1.10. The summed E-state index contributed by atoms with van der Waals surface area (Å²) in [5.74, 6) is -1.19. The summed E-state index contributed by atoms with van der Waals surface area (Å²) >= 11 is 0. The molecule has 0 saturated heterocycles. The van der Waals surface area contributed by atoms with Gasteiger partial charge in [0.15, 0.2) is 0 Å². The fraction of sp³-hybridized carbons (Fsp3) is 0.643. The highest BCUT2D eigenvalue weighted by molar-refractivity contribution is 5.71. The fourth-order valence-electron chi connectivity index (χ4n) is 1.41. The average molecular weight is 255 g/mol. The van der Waals surface area contributed by atoms with Crippen LogP contribution >= 0.6 is 0 Å². The molecule has 2 N–H and O–H groups in total. The maximum Gasteiger partial charge on any atom is 0.332 e. The SMILES string of the molecule is CC(O)C(=O)O.CCCCCCN1C=CC=CC1. The zero-order valence-corrected chi connectivity index (χ0v) is 11.4. The Bertz CT molecular complexity index is 272. The molecule has 0 aromatic heterocycles. The minimum atomic E-state index is -1.23. The lowest BCUT2D eigenvalue weighted by Gasteiger charge is -2.19. The predicted molar refractivity (Wildman–Crippen MR) is 73.3 cm³/mol. The smallest absolute Gasteiger partial charge is 0.332 e. The molecule has 1 rings (SSSR count). The number of nitrogens with zero attached hydrogens (tertiary/aromatic N) is 1. The first-order chi connectivity index (χ1) is 8.57. The van der Waals surface area contributed by atoms with E-state index in [-0.39, 0.29) is 0 Å². The number of allylic oxidation sites excluding steroid dienone is 2. The molecule has 0 aromatic carbocycles. The van der Waals surface area contributed by atoms with Crippen molar-refractivity contribution in [1.29, 1.82) is 0 Å². The van der Waals surface area contributed by atoms with Crippen LogP contribution in [-0.2, 0) is 4.79 Å². The topological polar surface area (TPSA) is 60.8 Å². The molecule has 1 aliphatic rings. The molecular weight excluding hydrogens is 230 g/mol. The van der Waals surface area contributed by atoms with E-state index in [0.29, 0.717) is 0 Å². The van der Waals surface area contributed by atoms with Crippen LogP contribution in [0.4, 0.5) is 0 Å². The van der Waals surface area contributed by atoms with Gasteiger partial charge in [-0.3, -0.25) is 0 Å². The summed E-state index contributed by atoms with van der Waals surface area (Å²) in [7, 11) is 0. The van der Waals surface area contributed by atoms with Gasteiger partial charge in [-0.2, -0.15) is 0 Å². The highest BCUT2D eigenvalue weighted by Gasteiger charge is 2.01. The van der Waals surface area contributed by atoms with Crippen LogP contribution in [0.25, 0.3) is 0 Å². The van der Waals surface area contributed by atoms with Crippen molar-refractivity contribution in [3.05, 3.63) is 24.4 Å². The van der Waals surface area contributed by atoms with Gasteiger partial charge in [0.1, 0.15) is 6.10 Å². The van der Waals surface area contributed by atoms with Gasteiger partial charge in [0, 0.05) is 13.1 Å². The van der Waals surface area contributed by atoms with Crippen LogP contribution in [0.5, 0.6) is 0 Å². The molecule has 4 heteroatoms. The maximum absolute atomic E-state index is 9.45. The molecule has 4 nitrogen and oxygen atoms in total. The normalized spacial score (nSPS) is 14.9. The fourth-order valence-corrected chi connectivity index (χ4v) is 1.41. The van der Waals surface area contributed by atoms with E-state index in [1.165, 1.54) is 39.2 Å². The van der Waals surface area contributed by atoms with Gasteiger partial charge in [-0.25, -0.2) is 4.79 Å². The van der Waals surface area contributed by atoms with Crippen molar-refractivity contribution >= 4 is 5.97 Å². The molecule has 0 amide bonds. The second-order valence-corrected chi connectivity index (χ2v) is 4.34.